The van der Waals surface area contributed by atoms with Crippen molar-refractivity contribution in [1.29, 1.82) is 5.26 Å². The largest absolute Gasteiger partial charge is 0.356 e. The van der Waals surface area contributed by atoms with E-state index in [4.69, 9.17) is 16.9 Å². The predicted molar refractivity (Wildman–Crippen MR) is 82.3 cm³/mol. The first-order valence-electron chi connectivity index (χ1n) is 6.50. The molecule has 1 aliphatic rings. The zero-order chi connectivity index (χ0) is 14.8. The maximum absolute atomic E-state index is 11.8. The standard InChI is InChI=1S/C16H12ClN3O/c17-13-7-11(8-18)5-6-12(13)9-20-10-16(21)19-14-3-1-2-4-15(14)20/h1-7H,9-10H2,(H,19,21). The first-order chi connectivity index (χ1) is 10.2. The minimum atomic E-state index is -0.0431. The van der Waals surface area contributed by atoms with E-state index in [2.05, 4.69) is 11.4 Å². The molecule has 0 radical (unpaired) electrons. The number of nitrogens with zero attached hydrogens (tertiary/aromatic N) is 2. The van der Waals surface area contributed by atoms with Gasteiger partial charge in [-0.1, -0.05) is 29.8 Å². The number of amides is 1. The third kappa shape index (κ3) is 2.69. The van der Waals surface area contributed by atoms with Crippen LogP contribution < -0.4 is 10.2 Å². The van der Waals surface area contributed by atoms with Gasteiger partial charge in [0.2, 0.25) is 5.91 Å². The van der Waals surface area contributed by atoms with Crippen LogP contribution in [-0.4, -0.2) is 12.5 Å². The average molecular weight is 298 g/mol. The van der Waals surface area contributed by atoms with Crippen molar-refractivity contribution in [2.24, 2.45) is 0 Å². The Morgan fingerprint density at radius 2 is 2.10 bits per heavy atom. The van der Waals surface area contributed by atoms with Crippen molar-refractivity contribution >= 4 is 28.9 Å². The molecular weight excluding hydrogens is 286 g/mol. The Labute approximate surface area is 127 Å². The lowest BCUT2D eigenvalue weighted by molar-refractivity contribution is -0.115. The van der Waals surface area contributed by atoms with Crippen molar-refractivity contribution in [3.05, 3.63) is 58.6 Å². The van der Waals surface area contributed by atoms with Crippen LogP contribution in [0, 0.1) is 11.3 Å². The third-order valence-corrected chi connectivity index (χ3v) is 3.75. The predicted octanol–water partition coefficient (Wildman–Crippen LogP) is 3.17. The Kier molecular flexibility index (Phi) is 3.51. The lowest BCUT2D eigenvalue weighted by Gasteiger charge is -2.31. The van der Waals surface area contributed by atoms with E-state index in [0.29, 0.717) is 17.1 Å². The number of rotatable bonds is 2. The van der Waals surface area contributed by atoms with Crippen molar-refractivity contribution in [3.8, 4) is 6.07 Å². The second kappa shape index (κ2) is 5.47. The molecule has 1 heterocycles. The van der Waals surface area contributed by atoms with Crippen molar-refractivity contribution in [3.63, 3.8) is 0 Å². The van der Waals surface area contributed by atoms with Gasteiger partial charge in [-0.25, -0.2) is 0 Å². The van der Waals surface area contributed by atoms with E-state index in [-0.39, 0.29) is 12.5 Å². The minimum Gasteiger partial charge on any atom is -0.356 e. The van der Waals surface area contributed by atoms with E-state index in [1.54, 1.807) is 12.1 Å². The van der Waals surface area contributed by atoms with Gasteiger partial charge < -0.3 is 10.2 Å². The van der Waals surface area contributed by atoms with E-state index in [1.165, 1.54) is 0 Å². The highest BCUT2D eigenvalue weighted by Crippen LogP contribution is 2.31. The summed E-state index contributed by atoms with van der Waals surface area (Å²) in [6.07, 6.45) is 0. The maximum Gasteiger partial charge on any atom is 0.243 e. The molecule has 0 aliphatic carbocycles. The Bertz CT molecular complexity index is 751. The molecule has 104 valence electrons. The van der Waals surface area contributed by atoms with Crippen LogP contribution in [0.25, 0.3) is 0 Å². The lowest BCUT2D eigenvalue weighted by atomic mass is 10.1. The van der Waals surface area contributed by atoms with E-state index < -0.39 is 0 Å². The van der Waals surface area contributed by atoms with Crippen molar-refractivity contribution in [2.45, 2.75) is 6.54 Å². The van der Waals surface area contributed by atoms with Crippen LogP contribution in [-0.2, 0) is 11.3 Å². The zero-order valence-corrected chi connectivity index (χ0v) is 11.9. The molecule has 1 amide bonds. The van der Waals surface area contributed by atoms with Gasteiger partial charge in [-0.3, -0.25) is 4.79 Å². The molecule has 2 aromatic rings. The molecule has 1 aliphatic heterocycles. The van der Waals surface area contributed by atoms with Crippen molar-refractivity contribution in [2.75, 3.05) is 16.8 Å². The smallest absolute Gasteiger partial charge is 0.243 e. The third-order valence-electron chi connectivity index (χ3n) is 3.40. The van der Waals surface area contributed by atoms with E-state index >= 15 is 0 Å². The normalized spacial score (nSPS) is 13.3. The molecule has 0 fully saturated rings. The van der Waals surface area contributed by atoms with Gasteiger partial charge in [-0.05, 0) is 29.8 Å². The number of carbonyl (C=O) groups excluding carboxylic acids is 1. The molecular formula is C16H12ClN3O. The summed E-state index contributed by atoms with van der Waals surface area (Å²) in [5.74, 6) is -0.0431. The van der Waals surface area contributed by atoms with Gasteiger partial charge >= 0.3 is 0 Å². The van der Waals surface area contributed by atoms with E-state index in [0.717, 1.165) is 16.9 Å². The number of benzene rings is 2. The highest BCUT2D eigenvalue weighted by atomic mass is 35.5. The molecule has 2 aromatic carbocycles. The van der Waals surface area contributed by atoms with Crippen LogP contribution in [0.1, 0.15) is 11.1 Å². The number of carbonyl (C=O) groups is 1. The van der Waals surface area contributed by atoms with Gasteiger partial charge in [0.25, 0.3) is 0 Å². The molecule has 1 N–H and O–H groups in total. The fourth-order valence-electron chi connectivity index (χ4n) is 2.40. The number of para-hydroxylation sites is 2. The summed E-state index contributed by atoms with van der Waals surface area (Å²) >= 11 is 6.21. The molecule has 0 spiro atoms. The van der Waals surface area contributed by atoms with Crippen LogP contribution >= 0.6 is 11.6 Å². The Morgan fingerprint density at radius 1 is 1.29 bits per heavy atom. The van der Waals surface area contributed by atoms with Crippen LogP contribution in [0.2, 0.25) is 5.02 Å². The first kappa shape index (κ1) is 13.5. The number of nitrogens with one attached hydrogen (secondary N) is 1. The molecule has 0 saturated heterocycles. The number of halogens is 1. The second-order valence-electron chi connectivity index (χ2n) is 4.84. The first-order valence-corrected chi connectivity index (χ1v) is 6.87. The molecule has 0 saturated carbocycles. The minimum absolute atomic E-state index is 0.0431. The highest BCUT2D eigenvalue weighted by Gasteiger charge is 2.22. The summed E-state index contributed by atoms with van der Waals surface area (Å²) in [6.45, 7) is 0.808. The van der Waals surface area contributed by atoms with Gasteiger partial charge in [0.05, 0.1) is 29.6 Å². The highest BCUT2D eigenvalue weighted by molar-refractivity contribution is 6.31. The van der Waals surface area contributed by atoms with Crippen LogP contribution in [0.3, 0.4) is 0 Å². The van der Waals surface area contributed by atoms with Crippen molar-refractivity contribution < 1.29 is 4.79 Å². The van der Waals surface area contributed by atoms with E-state index in [9.17, 15) is 4.79 Å². The fourth-order valence-corrected chi connectivity index (χ4v) is 2.64. The molecule has 0 bridgehead atoms. The lowest BCUT2D eigenvalue weighted by Crippen LogP contribution is -2.37. The zero-order valence-electron chi connectivity index (χ0n) is 11.1. The van der Waals surface area contributed by atoms with Crippen LogP contribution in [0.5, 0.6) is 0 Å². The summed E-state index contributed by atoms with van der Waals surface area (Å²) in [7, 11) is 0. The average Bonchev–Trinajstić information content (AvgIpc) is 2.49. The molecule has 0 aromatic heterocycles. The van der Waals surface area contributed by atoms with Gasteiger partial charge in [-0.2, -0.15) is 5.26 Å². The summed E-state index contributed by atoms with van der Waals surface area (Å²) < 4.78 is 0. The summed E-state index contributed by atoms with van der Waals surface area (Å²) in [4.78, 5) is 13.8. The monoisotopic (exact) mass is 297 g/mol. The Morgan fingerprint density at radius 3 is 2.86 bits per heavy atom. The van der Waals surface area contributed by atoms with Gasteiger partial charge in [0.15, 0.2) is 0 Å². The summed E-state index contributed by atoms with van der Waals surface area (Å²) in [5, 5.41) is 12.3. The Balaban J connectivity index is 1.92. The Hall–Kier alpha value is -2.51. The molecule has 3 rings (SSSR count). The molecule has 21 heavy (non-hydrogen) atoms. The SMILES string of the molecule is N#Cc1ccc(CN2CC(=O)Nc3ccccc32)c(Cl)c1. The summed E-state index contributed by atoms with van der Waals surface area (Å²) in [6, 6.07) is 14.9. The molecule has 5 heteroatoms. The second-order valence-corrected chi connectivity index (χ2v) is 5.25. The quantitative estimate of drug-likeness (QED) is 0.926. The molecule has 0 unspecified atom stereocenters. The summed E-state index contributed by atoms with van der Waals surface area (Å²) in [5.41, 5.74) is 3.19. The van der Waals surface area contributed by atoms with Crippen LogP contribution in [0.4, 0.5) is 11.4 Å². The molecule has 0 atom stereocenters. The number of nitriles is 1. The van der Waals surface area contributed by atoms with Gasteiger partial charge in [-0.15, -0.1) is 0 Å². The van der Waals surface area contributed by atoms with Gasteiger partial charge in [0.1, 0.15) is 0 Å². The maximum atomic E-state index is 11.8. The van der Waals surface area contributed by atoms with E-state index in [1.807, 2.05) is 35.2 Å². The fraction of sp³-hybridized carbons (Fsp3) is 0.125. The number of anilines is 2. The topological polar surface area (TPSA) is 56.1 Å². The molecule has 4 nitrogen and oxygen atoms in total. The van der Waals surface area contributed by atoms with Crippen molar-refractivity contribution in [1.82, 2.24) is 0 Å². The number of fused-ring (bicyclic) bond motifs is 1. The number of hydrogen-bond donors (Lipinski definition) is 1. The van der Waals surface area contributed by atoms with Crippen LogP contribution in [0.15, 0.2) is 42.5 Å². The van der Waals surface area contributed by atoms with Gasteiger partial charge in [0, 0.05) is 11.6 Å². The number of hydrogen-bond acceptors (Lipinski definition) is 3.